The van der Waals surface area contributed by atoms with Crippen LogP contribution in [0.2, 0.25) is 0 Å². The maximum Gasteiger partial charge on any atom is 0.528 e. The first-order chi connectivity index (χ1) is 8.85. The van der Waals surface area contributed by atoms with Gasteiger partial charge in [-0.15, -0.1) is 0 Å². The molecule has 0 fully saturated rings. The number of nitrogens with zero attached hydrogens (tertiary/aromatic N) is 4. The lowest BCUT2D eigenvalue weighted by atomic mass is 10.4. The maximum absolute atomic E-state index is 10.4. The Bertz CT molecular complexity index is 534. The van der Waals surface area contributed by atoms with E-state index in [0.29, 0.717) is 0 Å². The van der Waals surface area contributed by atoms with E-state index in [1.54, 1.807) is 0 Å². The molecule has 0 aliphatic heterocycles. The smallest absolute Gasteiger partial charge is 0.448 e. The average molecular weight is 335 g/mol. The molecule has 19 heavy (non-hydrogen) atoms. The van der Waals surface area contributed by atoms with Crippen LogP contribution in [-0.4, -0.2) is 37.5 Å². The van der Waals surface area contributed by atoms with Gasteiger partial charge in [0.1, 0.15) is 12.6 Å². The molecule has 0 atom stereocenters. The predicted molar refractivity (Wildman–Crippen MR) is 59.4 cm³/mol. The molecule has 0 spiro atoms. The Morgan fingerprint density at radius 3 is 2.37 bits per heavy atom. The van der Waals surface area contributed by atoms with Crippen molar-refractivity contribution in [3.05, 3.63) is 15.9 Å². The highest BCUT2D eigenvalue weighted by atomic mass is 79.9. The van der Waals surface area contributed by atoms with Crippen LogP contribution in [0.1, 0.15) is 11.4 Å². The van der Waals surface area contributed by atoms with Crippen molar-refractivity contribution in [3.63, 3.8) is 0 Å². The molecule has 1 aromatic heterocycles. The van der Waals surface area contributed by atoms with Gasteiger partial charge in [0, 0.05) is 12.3 Å². The quantitative estimate of drug-likeness (QED) is 0.774. The number of halogens is 1. The van der Waals surface area contributed by atoms with Crippen molar-refractivity contribution >= 4 is 28.2 Å². The van der Waals surface area contributed by atoms with Crippen LogP contribution in [0.5, 0.6) is 0 Å². The summed E-state index contributed by atoms with van der Waals surface area (Å²) in [5.41, 5.74) is 0.349. The molecule has 0 radical (unpaired) electrons. The normalized spacial score (nSPS) is 10.0. The van der Waals surface area contributed by atoms with Gasteiger partial charge >= 0.3 is 12.3 Å². The number of hydroxylamine groups is 2. The van der Waals surface area contributed by atoms with Crippen LogP contribution in [-0.2, 0) is 23.3 Å². The van der Waals surface area contributed by atoms with Crippen molar-refractivity contribution < 1.29 is 29.5 Å². The molecular formula is C8H7BrN4O6. The van der Waals surface area contributed by atoms with Gasteiger partial charge in [-0.05, 0) is 15.9 Å². The van der Waals surface area contributed by atoms with Gasteiger partial charge in [0.05, 0.1) is 10.2 Å². The van der Waals surface area contributed by atoms with E-state index < -0.39 is 18.9 Å². The Morgan fingerprint density at radius 2 is 2.00 bits per heavy atom. The number of hydrogen-bond donors (Lipinski definition) is 2. The van der Waals surface area contributed by atoms with Crippen LogP contribution in [0.3, 0.4) is 0 Å². The van der Waals surface area contributed by atoms with E-state index in [9.17, 15) is 9.59 Å². The minimum Gasteiger partial charge on any atom is -0.448 e. The third-order valence-electron chi connectivity index (χ3n) is 1.80. The number of hydrogen-bond acceptors (Lipinski definition) is 7. The molecule has 1 heterocycles. The molecule has 0 aromatic carbocycles. The molecule has 0 saturated heterocycles. The zero-order valence-electron chi connectivity index (χ0n) is 9.40. The maximum atomic E-state index is 10.4. The van der Waals surface area contributed by atoms with Gasteiger partial charge in [0.15, 0.2) is 5.69 Å². The third kappa shape index (κ3) is 3.83. The van der Waals surface area contributed by atoms with Crippen molar-refractivity contribution in [2.75, 3.05) is 0 Å². The van der Waals surface area contributed by atoms with Gasteiger partial charge in [0.25, 0.3) is 0 Å². The lowest BCUT2D eigenvalue weighted by Gasteiger charge is -2.14. The van der Waals surface area contributed by atoms with Crippen molar-refractivity contribution in [3.8, 4) is 6.07 Å². The van der Waals surface area contributed by atoms with Crippen LogP contribution in [0.25, 0.3) is 0 Å². The van der Waals surface area contributed by atoms with Crippen LogP contribution in [0, 0.1) is 11.3 Å². The lowest BCUT2D eigenvalue weighted by molar-refractivity contribution is -0.317. The van der Waals surface area contributed by atoms with Crippen LogP contribution >= 0.6 is 15.9 Å². The summed E-state index contributed by atoms with van der Waals surface area (Å²) in [6.07, 6.45) is -3.51. The van der Waals surface area contributed by atoms with Gasteiger partial charge in [-0.1, -0.05) is 0 Å². The van der Waals surface area contributed by atoms with E-state index in [-0.39, 0.29) is 21.1 Å². The fourth-order valence-electron chi connectivity index (χ4n) is 1.16. The van der Waals surface area contributed by atoms with Gasteiger partial charge < -0.3 is 10.2 Å². The lowest BCUT2D eigenvalue weighted by Crippen LogP contribution is -2.29. The van der Waals surface area contributed by atoms with Gasteiger partial charge in [-0.25, -0.2) is 9.59 Å². The highest BCUT2D eigenvalue weighted by Crippen LogP contribution is 2.21. The summed E-state index contributed by atoms with van der Waals surface area (Å²) in [6.45, 7) is -0.422. The largest absolute Gasteiger partial charge is 0.528 e. The molecule has 11 heteroatoms. The van der Waals surface area contributed by atoms with E-state index in [4.69, 9.17) is 15.5 Å². The molecule has 0 aliphatic rings. The van der Waals surface area contributed by atoms with Crippen LogP contribution in [0.4, 0.5) is 9.59 Å². The first kappa shape index (κ1) is 14.7. The number of nitriles is 1. The predicted octanol–water partition coefficient (Wildman–Crippen LogP) is 1.08. The first-order valence-electron chi connectivity index (χ1n) is 4.56. The summed E-state index contributed by atoms with van der Waals surface area (Å²) >= 11 is 3.08. The summed E-state index contributed by atoms with van der Waals surface area (Å²) in [4.78, 5) is 28.9. The van der Waals surface area contributed by atoms with E-state index in [2.05, 4.69) is 30.7 Å². The molecule has 0 saturated carbocycles. The molecule has 1 rings (SSSR count). The zero-order valence-corrected chi connectivity index (χ0v) is 11.0. The number of carbonyl (C=O) groups is 2. The number of carboxylic acid groups (broad SMARTS) is 2. The molecule has 2 N–H and O–H groups in total. The Hall–Kier alpha value is -2.32. The Morgan fingerprint density at radius 1 is 1.47 bits per heavy atom. The average Bonchev–Trinajstić information content (AvgIpc) is 2.51. The summed E-state index contributed by atoms with van der Waals surface area (Å²) in [7, 11) is 1.49. The second-order valence-corrected chi connectivity index (χ2v) is 3.84. The van der Waals surface area contributed by atoms with Crippen molar-refractivity contribution in [2.24, 2.45) is 7.05 Å². The Kier molecular flexibility index (Phi) is 4.67. The van der Waals surface area contributed by atoms with Crippen molar-refractivity contribution in [1.29, 1.82) is 5.26 Å². The van der Waals surface area contributed by atoms with E-state index >= 15 is 0 Å². The number of rotatable bonds is 4. The van der Waals surface area contributed by atoms with E-state index in [1.165, 1.54) is 11.7 Å². The molecule has 102 valence electrons. The van der Waals surface area contributed by atoms with Gasteiger partial charge in [-0.3, -0.25) is 14.4 Å². The van der Waals surface area contributed by atoms with Crippen molar-refractivity contribution in [2.45, 2.75) is 6.54 Å². The highest BCUT2D eigenvalue weighted by molar-refractivity contribution is 9.10. The number of aryl methyl sites for hydroxylation is 1. The Labute approximate surface area is 114 Å². The van der Waals surface area contributed by atoms with Crippen LogP contribution in [0.15, 0.2) is 4.47 Å². The number of aromatic nitrogens is 2. The molecule has 1 aromatic rings. The summed E-state index contributed by atoms with van der Waals surface area (Å²) < 4.78 is 1.52. The van der Waals surface area contributed by atoms with Gasteiger partial charge in [-0.2, -0.15) is 10.4 Å². The molecule has 10 nitrogen and oxygen atoms in total. The first-order valence-corrected chi connectivity index (χ1v) is 5.35. The monoisotopic (exact) mass is 334 g/mol. The summed E-state index contributed by atoms with van der Waals surface area (Å²) in [5.74, 6) is 0. The second-order valence-electron chi connectivity index (χ2n) is 3.05. The molecule has 0 unspecified atom stereocenters. The van der Waals surface area contributed by atoms with Crippen molar-refractivity contribution in [1.82, 2.24) is 15.0 Å². The topological polar surface area (TPSA) is 138 Å². The standard InChI is InChI=1S/C8H7BrN4O6/c1-12-5(2-10)6(9)4(11-12)3-13(18-7(14)15)19-8(16)17/h3H2,1H3,(H,14,15)(H,16,17). The van der Waals surface area contributed by atoms with E-state index in [1.807, 2.05) is 6.07 Å². The third-order valence-corrected chi connectivity index (χ3v) is 2.63. The Balaban J connectivity index is 2.93. The van der Waals surface area contributed by atoms with Crippen LogP contribution < -0.4 is 0 Å². The fourth-order valence-corrected chi connectivity index (χ4v) is 1.71. The highest BCUT2D eigenvalue weighted by Gasteiger charge is 2.22. The molecule has 0 bridgehead atoms. The fraction of sp³-hybridized carbons (Fsp3) is 0.250. The van der Waals surface area contributed by atoms with Gasteiger partial charge in [0.2, 0.25) is 0 Å². The molecule has 0 amide bonds. The minimum atomic E-state index is -1.76. The zero-order chi connectivity index (χ0) is 14.6. The molecular weight excluding hydrogens is 328 g/mol. The minimum absolute atomic E-state index is 0.168. The SMILES string of the molecule is Cn1nc(CN(OC(=O)O)OC(=O)O)c(Br)c1C#N. The summed E-state index contributed by atoms with van der Waals surface area (Å²) in [6, 6.07) is 1.86. The second kappa shape index (κ2) is 6.03. The van der Waals surface area contributed by atoms with E-state index in [0.717, 1.165) is 0 Å². The summed E-state index contributed by atoms with van der Waals surface area (Å²) in [5, 5.41) is 29.8. The molecule has 0 aliphatic carbocycles.